The van der Waals surface area contributed by atoms with E-state index in [2.05, 4.69) is 0 Å². The first kappa shape index (κ1) is 11.8. The molecule has 0 saturated carbocycles. The number of rotatable bonds is 5. The van der Waals surface area contributed by atoms with Gasteiger partial charge >= 0.3 is 5.97 Å². The molecule has 80 valence electrons. The van der Waals surface area contributed by atoms with Crippen molar-refractivity contribution in [2.45, 2.75) is 17.7 Å². The number of carbonyl (C=O) groups excluding carboxylic acids is 1. The molecule has 0 saturated heterocycles. The van der Waals surface area contributed by atoms with Crippen LogP contribution in [0.4, 0.5) is 0 Å². The molecule has 0 aromatic heterocycles. The number of carboxylic acid groups (broad SMARTS) is 1. The second kappa shape index (κ2) is 5.56. The molecule has 1 rings (SSSR count). The van der Waals surface area contributed by atoms with Gasteiger partial charge in [-0.05, 0) is 18.4 Å². The smallest absolute Gasteiger partial charge is 0.303 e. The Morgan fingerprint density at radius 2 is 2.07 bits per heavy atom. The molecule has 0 aliphatic carbocycles. The summed E-state index contributed by atoms with van der Waals surface area (Å²) in [6.07, 6.45) is 1.89. The molecular formula is C11H12O3S. The monoisotopic (exact) mass is 224 g/mol. The fraction of sp³-hybridized carbons (Fsp3) is 0.273. The lowest BCUT2D eigenvalue weighted by atomic mass is 10.1. The highest BCUT2D eigenvalue weighted by Crippen LogP contribution is 2.17. The van der Waals surface area contributed by atoms with Crippen LogP contribution < -0.4 is 0 Å². The van der Waals surface area contributed by atoms with Gasteiger partial charge in [-0.15, -0.1) is 11.8 Å². The first-order valence-electron chi connectivity index (χ1n) is 4.52. The first-order chi connectivity index (χ1) is 7.13. The van der Waals surface area contributed by atoms with Crippen LogP contribution in [0, 0.1) is 0 Å². The number of hydrogen-bond acceptors (Lipinski definition) is 3. The van der Waals surface area contributed by atoms with Gasteiger partial charge in [0.05, 0.1) is 6.42 Å². The number of ketones is 1. The maximum absolute atomic E-state index is 11.5. The highest BCUT2D eigenvalue weighted by atomic mass is 32.2. The second-order valence-corrected chi connectivity index (χ2v) is 3.93. The van der Waals surface area contributed by atoms with E-state index in [1.165, 1.54) is 0 Å². The highest BCUT2D eigenvalue weighted by molar-refractivity contribution is 7.98. The molecule has 0 aliphatic rings. The SMILES string of the molecule is CSc1cccc(C(=O)CCC(=O)O)c1. The second-order valence-electron chi connectivity index (χ2n) is 3.05. The van der Waals surface area contributed by atoms with Gasteiger partial charge in [0.2, 0.25) is 0 Å². The minimum absolute atomic E-state index is 0.0627. The zero-order chi connectivity index (χ0) is 11.3. The van der Waals surface area contributed by atoms with E-state index >= 15 is 0 Å². The van der Waals surface area contributed by atoms with Gasteiger partial charge < -0.3 is 5.11 Å². The molecule has 0 amide bonds. The topological polar surface area (TPSA) is 54.4 Å². The van der Waals surface area contributed by atoms with Crippen molar-refractivity contribution >= 4 is 23.5 Å². The molecule has 1 N–H and O–H groups in total. The van der Waals surface area contributed by atoms with Crippen molar-refractivity contribution in [2.24, 2.45) is 0 Å². The summed E-state index contributed by atoms with van der Waals surface area (Å²) in [4.78, 5) is 22.9. The standard InChI is InChI=1S/C11H12O3S/c1-15-9-4-2-3-8(7-9)10(12)5-6-11(13)14/h2-4,7H,5-6H2,1H3,(H,13,14). The molecule has 1 aromatic carbocycles. The Hall–Kier alpha value is -1.29. The van der Waals surface area contributed by atoms with Gasteiger partial charge in [-0.1, -0.05) is 12.1 Å². The third-order valence-corrected chi connectivity index (χ3v) is 2.68. The van der Waals surface area contributed by atoms with Crippen molar-refractivity contribution < 1.29 is 14.7 Å². The van der Waals surface area contributed by atoms with Crippen LogP contribution >= 0.6 is 11.8 Å². The van der Waals surface area contributed by atoms with Crippen molar-refractivity contribution in [3.05, 3.63) is 29.8 Å². The van der Waals surface area contributed by atoms with E-state index in [1.807, 2.05) is 12.3 Å². The van der Waals surface area contributed by atoms with Crippen LogP contribution in [0.1, 0.15) is 23.2 Å². The Labute approximate surface area is 92.5 Å². The molecule has 15 heavy (non-hydrogen) atoms. The van der Waals surface area contributed by atoms with Crippen molar-refractivity contribution in [1.29, 1.82) is 0 Å². The number of carboxylic acids is 1. The van der Waals surface area contributed by atoms with Crippen LogP contribution in [-0.2, 0) is 4.79 Å². The lowest BCUT2D eigenvalue weighted by molar-refractivity contribution is -0.136. The maximum atomic E-state index is 11.5. The third-order valence-electron chi connectivity index (χ3n) is 1.96. The third kappa shape index (κ3) is 3.75. The van der Waals surface area contributed by atoms with E-state index in [9.17, 15) is 9.59 Å². The summed E-state index contributed by atoms with van der Waals surface area (Å²) in [5.41, 5.74) is 0.586. The van der Waals surface area contributed by atoms with Crippen LogP contribution in [0.2, 0.25) is 0 Å². The van der Waals surface area contributed by atoms with E-state index in [0.717, 1.165) is 4.90 Å². The quantitative estimate of drug-likeness (QED) is 0.616. The van der Waals surface area contributed by atoms with E-state index in [1.54, 1.807) is 30.0 Å². The lowest BCUT2D eigenvalue weighted by Gasteiger charge is -2.01. The normalized spacial score (nSPS) is 9.93. The molecule has 0 aliphatic heterocycles. The average Bonchev–Trinajstić information content (AvgIpc) is 2.26. The van der Waals surface area contributed by atoms with E-state index < -0.39 is 5.97 Å². The van der Waals surface area contributed by atoms with Crippen LogP contribution in [0.5, 0.6) is 0 Å². The van der Waals surface area contributed by atoms with Crippen molar-refractivity contribution in [3.63, 3.8) is 0 Å². The lowest BCUT2D eigenvalue weighted by Crippen LogP contribution is -2.03. The van der Waals surface area contributed by atoms with Gasteiger partial charge in [-0.25, -0.2) is 0 Å². The summed E-state index contributed by atoms with van der Waals surface area (Å²) >= 11 is 1.56. The van der Waals surface area contributed by atoms with Gasteiger partial charge in [-0.2, -0.15) is 0 Å². The number of benzene rings is 1. The fourth-order valence-corrected chi connectivity index (χ4v) is 1.62. The Morgan fingerprint density at radius 1 is 1.33 bits per heavy atom. The number of hydrogen-bond donors (Lipinski definition) is 1. The largest absolute Gasteiger partial charge is 0.481 e. The van der Waals surface area contributed by atoms with E-state index in [0.29, 0.717) is 5.56 Å². The fourth-order valence-electron chi connectivity index (χ4n) is 1.16. The maximum Gasteiger partial charge on any atom is 0.303 e. The first-order valence-corrected chi connectivity index (χ1v) is 5.75. The predicted molar refractivity (Wildman–Crippen MR) is 59.4 cm³/mol. The van der Waals surface area contributed by atoms with Gasteiger partial charge in [0.25, 0.3) is 0 Å². The average molecular weight is 224 g/mol. The molecule has 3 nitrogen and oxygen atoms in total. The molecule has 4 heteroatoms. The van der Waals surface area contributed by atoms with E-state index in [4.69, 9.17) is 5.11 Å². The molecule has 0 fully saturated rings. The number of Topliss-reactive ketones (excluding diaryl/α,β-unsaturated/α-hetero) is 1. The molecule has 0 bridgehead atoms. The van der Waals surface area contributed by atoms with Crippen LogP contribution in [-0.4, -0.2) is 23.1 Å². The summed E-state index contributed by atoms with van der Waals surface area (Å²) in [6.45, 7) is 0. The molecule has 0 radical (unpaired) electrons. The minimum Gasteiger partial charge on any atom is -0.481 e. The number of aliphatic carboxylic acids is 1. The molecular weight excluding hydrogens is 212 g/mol. The van der Waals surface area contributed by atoms with Gasteiger partial charge in [0.1, 0.15) is 0 Å². The van der Waals surface area contributed by atoms with Crippen molar-refractivity contribution in [3.8, 4) is 0 Å². The van der Waals surface area contributed by atoms with Gasteiger partial charge in [0.15, 0.2) is 5.78 Å². The predicted octanol–water partition coefficient (Wildman–Crippen LogP) is 2.46. The summed E-state index contributed by atoms with van der Waals surface area (Å²) < 4.78 is 0. The van der Waals surface area contributed by atoms with Crippen LogP contribution in [0.15, 0.2) is 29.2 Å². The Morgan fingerprint density at radius 3 is 2.67 bits per heavy atom. The van der Waals surface area contributed by atoms with Crippen LogP contribution in [0.25, 0.3) is 0 Å². The Balaban J connectivity index is 2.69. The number of carbonyl (C=O) groups is 2. The summed E-state index contributed by atoms with van der Waals surface area (Å²) in [6, 6.07) is 7.22. The molecule has 0 unspecified atom stereocenters. The molecule has 0 heterocycles. The minimum atomic E-state index is -0.940. The molecule has 1 aromatic rings. The van der Waals surface area contributed by atoms with Gasteiger partial charge in [0, 0.05) is 16.9 Å². The Bertz CT molecular complexity index is 374. The Kier molecular flexibility index (Phi) is 4.37. The van der Waals surface area contributed by atoms with Crippen molar-refractivity contribution in [2.75, 3.05) is 6.26 Å². The summed E-state index contributed by atoms with van der Waals surface area (Å²) in [7, 11) is 0. The highest BCUT2D eigenvalue weighted by Gasteiger charge is 2.08. The summed E-state index contributed by atoms with van der Waals surface area (Å²) in [5.74, 6) is -1.06. The summed E-state index contributed by atoms with van der Waals surface area (Å²) in [5, 5.41) is 8.45. The zero-order valence-corrected chi connectivity index (χ0v) is 9.21. The molecule has 0 atom stereocenters. The van der Waals surface area contributed by atoms with Gasteiger partial charge in [-0.3, -0.25) is 9.59 Å². The molecule has 0 spiro atoms. The number of thioether (sulfide) groups is 1. The van der Waals surface area contributed by atoms with E-state index in [-0.39, 0.29) is 18.6 Å². The van der Waals surface area contributed by atoms with Crippen molar-refractivity contribution in [1.82, 2.24) is 0 Å². The zero-order valence-electron chi connectivity index (χ0n) is 8.40. The van der Waals surface area contributed by atoms with Crippen LogP contribution in [0.3, 0.4) is 0 Å².